The molecule has 0 amide bonds. The van der Waals surface area contributed by atoms with Crippen LogP contribution in [-0.2, 0) is 0 Å². The van der Waals surface area contributed by atoms with Gasteiger partial charge in [0.05, 0.1) is 5.02 Å². The lowest BCUT2D eigenvalue weighted by Crippen LogP contribution is -2.32. The standard InChI is InChI=1S/C13H21N.C9H6ClNO/c1-3-4-8-12(2)11-14-13-9-6-5-7-10-13;10-8-3-7-5-11-2-1-6(7)4-9(8)12/h3-4,8,13-14H,1-2,5-7,9-11H2;1-5,12H/b8-4-;. The first-order chi connectivity index (χ1) is 12.6. The lowest BCUT2D eigenvalue weighted by atomic mass is 9.95. The van der Waals surface area contributed by atoms with Crippen LogP contribution in [0.25, 0.3) is 10.8 Å². The largest absolute Gasteiger partial charge is 0.506 e. The normalized spacial score (nSPS) is 14.8. The monoisotopic (exact) mass is 370 g/mol. The van der Waals surface area contributed by atoms with E-state index in [-0.39, 0.29) is 5.75 Å². The Bertz CT molecular complexity index is 723. The highest BCUT2D eigenvalue weighted by atomic mass is 35.5. The Kier molecular flexibility index (Phi) is 8.39. The van der Waals surface area contributed by atoms with E-state index in [9.17, 15) is 5.11 Å². The maximum atomic E-state index is 9.26. The van der Waals surface area contributed by atoms with Crippen molar-refractivity contribution in [2.45, 2.75) is 38.1 Å². The smallest absolute Gasteiger partial charge is 0.134 e. The fourth-order valence-corrected chi connectivity index (χ4v) is 3.11. The zero-order chi connectivity index (χ0) is 18.8. The first-order valence-electron chi connectivity index (χ1n) is 9.02. The number of nitrogens with one attached hydrogen (secondary N) is 1. The van der Waals surface area contributed by atoms with Gasteiger partial charge in [0.25, 0.3) is 0 Å². The maximum absolute atomic E-state index is 9.26. The van der Waals surface area contributed by atoms with E-state index in [1.807, 2.05) is 18.2 Å². The summed E-state index contributed by atoms with van der Waals surface area (Å²) < 4.78 is 0. The van der Waals surface area contributed by atoms with Gasteiger partial charge in [0.1, 0.15) is 5.75 Å². The average molecular weight is 371 g/mol. The summed E-state index contributed by atoms with van der Waals surface area (Å²) in [7, 11) is 0. The van der Waals surface area contributed by atoms with E-state index in [2.05, 4.69) is 23.5 Å². The molecule has 4 heteroatoms. The molecular weight excluding hydrogens is 344 g/mol. The lowest BCUT2D eigenvalue weighted by Gasteiger charge is -2.22. The lowest BCUT2D eigenvalue weighted by molar-refractivity contribution is 0.383. The molecule has 1 aliphatic rings. The summed E-state index contributed by atoms with van der Waals surface area (Å²) >= 11 is 5.71. The molecular formula is C22H27ClN2O. The van der Waals surface area contributed by atoms with Crippen molar-refractivity contribution in [3.63, 3.8) is 0 Å². The number of fused-ring (bicyclic) bond motifs is 1. The molecule has 0 spiro atoms. The van der Waals surface area contributed by atoms with E-state index in [0.717, 1.165) is 28.9 Å². The van der Waals surface area contributed by atoms with E-state index in [1.54, 1.807) is 30.6 Å². The number of hydrogen-bond donors (Lipinski definition) is 2. The van der Waals surface area contributed by atoms with Crippen LogP contribution in [0.15, 0.2) is 67.6 Å². The molecule has 0 radical (unpaired) electrons. The van der Waals surface area contributed by atoms with E-state index >= 15 is 0 Å². The van der Waals surface area contributed by atoms with E-state index in [0.29, 0.717) is 5.02 Å². The Morgan fingerprint density at radius 1 is 1.27 bits per heavy atom. The molecule has 1 aromatic heterocycles. The van der Waals surface area contributed by atoms with Crippen LogP contribution in [-0.4, -0.2) is 22.7 Å². The van der Waals surface area contributed by atoms with Gasteiger partial charge in [-0.25, -0.2) is 0 Å². The van der Waals surface area contributed by atoms with Gasteiger partial charge in [-0.3, -0.25) is 4.98 Å². The molecule has 3 nitrogen and oxygen atoms in total. The molecule has 1 fully saturated rings. The molecule has 138 valence electrons. The van der Waals surface area contributed by atoms with Crippen LogP contribution < -0.4 is 5.32 Å². The number of hydrogen-bond acceptors (Lipinski definition) is 3. The number of nitrogens with zero attached hydrogens (tertiary/aromatic N) is 1. The minimum atomic E-state index is 0.107. The molecule has 0 aliphatic heterocycles. The summed E-state index contributed by atoms with van der Waals surface area (Å²) in [6.07, 6.45) is 16.0. The van der Waals surface area contributed by atoms with Gasteiger partial charge in [-0.2, -0.15) is 0 Å². The Labute approximate surface area is 161 Å². The number of allylic oxidation sites excluding steroid dienone is 2. The highest BCUT2D eigenvalue weighted by molar-refractivity contribution is 6.32. The third-order valence-electron chi connectivity index (χ3n) is 4.40. The predicted octanol–water partition coefficient (Wildman–Crippen LogP) is 5.80. The zero-order valence-corrected chi connectivity index (χ0v) is 15.9. The molecule has 1 aliphatic carbocycles. The predicted molar refractivity (Wildman–Crippen MR) is 112 cm³/mol. The van der Waals surface area contributed by atoms with Gasteiger partial charge in [-0.1, -0.05) is 62.2 Å². The summed E-state index contributed by atoms with van der Waals surface area (Å²) in [6.45, 7) is 8.53. The second-order valence-corrected chi connectivity index (χ2v) is 6.90. The number of rotatable bonds is 5. The van der Waals surface area contributed by atoms with Gasteiger partial charge in [-0.05, 0) is 42.0 Å². The van der Waals surface area contributed by atoms with Crippen molar-refractivity contribution in [1.82, 2.24) is 10.3 Å². The highest BCUT2D eigenvalue weighted by Crippen LogP contribution is 2.27. The number of aromatic hydroxyl groups is 1. The van der Waals surface area contributed by atoms with Crippen molar-refractivity contribution in [2.75, 3.05) is 6.54 Å². The van der Waals surface area contributed by atoms with Crippen molar-refractivity contribution in [2.24, 2.45) is 0 Å². The number of phenolic OH excluding ortho intramolecular Hbond substituents is 1. The SMILES string of the molecule is C=C/C=C\C(=C)CNC1CCCCC1.Oc1cc2ccncc2cc1Cl. The van der Waals surface area contributed by atoms with Crippen molar-refractivity contribution in [3.05, 3.63) is 72.6 Å². The summed E-state index contributed by atoms with van der Waals surface area (Å²) in [4.78, 5) is 3.94. The van der Waals surface area contributed by atoms with E-state index in [1.165, 1.54) is 32.1 Å². The molecule has 1 aromatic carbocycles. The third-order valence-corrected chi connectivity index (χ3v) is 4.70. The topological polar surface area (TPSA) is 45.1 Å². The molecule has 0 bridgehead atoms. The van der Waals surface area contributed by atoms with Crippen molar-refractivity contribution >= 4 is 22.4 Å². The summed E-state index contributed by atoms with van der Waals surface area (Å²) in [5.41, 5.74) is 1.13. The van der Waals surface area contributed by atoms with Crippen LogP contribution in [0.5, 0.6) is 5.75 Å². The third kappa shape index (κ3) is 6.66. The van der Waals surface area contributed by atoms with E-state index in [4.69, 9.17) is 11.6 Å². The summed E-state index contributed by atoms with van der Waals surface area (Å²) in [6, 6.07) is 5.86. The molecule has 0 saturated heterocycles. The van der Waals surface area contributed by atoms with Crippen LogP contribution in [0.3, 0.4) is 0 Å². The Hall–Kier alpha value is -2.10. The molecule has 0 atom stereocenters. The van der Waals surface area contributed by atoms with Crippen LogP contribution >= 0.6 is 11.6 Å². The second-order valence-electron chi connectivity index (χ2n) is 6.50. The van der Waals surface area contributed by atoms with Gasteiger partial charge < -0.3 is 10.4 Å². The summed E-state index contributed by atoms with van der Waals surface area (Å²) in [5, 5.41) is 15.0. The highest BCUT2D eigenvalue weighted by Gasteiger charge is 2.11. The van der Waals surface area contributed by atoms with Crippen LogP contribution in [0, 0.1) is 0 Å². The molecule has 1 saturated carbocycles. The fraction of sp³-hybridized carbons (Fsp3) is 0.318. The van der Waals surface area contributed by atoms with Crippen molar-refractivity contribution in [1.29, 1.82) is 0 Å². The van der Waals surface area contributed by atoms with Crippen LogP contribution in [0.2, 0.25) is 5.02 Å². The first-order valence-corrected chi connectivity index (χ1v) is 9.40. The van der Waals surface area contributed by atoms with Gasteiger partial charge in [-0.15, -0.1) is 0 Å². The Morgan fingerprint density at radius 3 is 2.77 bits per heavy atom. The Balaban J connectivity index is 0.000000189. The van der Waals surface area contributed by atoms with Gasteiger partial charge in [0.15, 0.2) is 0 Å². The maximum Gasteiger partial charge on any atom is 0.134 e. The number of halogens is 1. The van der Waals surface area contributed by atoms with Crippen molar-refractivity contribution < 1.29 is 5.11 Å². The minimum absolute atomic E-state index is 0.107. The number of benzene rings is 1. The van der Waals surface area contributed by atoms with Gasteiger partial charge in [0.2, 0.25) is 0 Å². The van der Waals surface area contributed by atoms with Crippen LogP contribution in [0.4, 0.5) is 0 Å². The second kappa shape index (κ2) is 10.8. The number of pyridine rings is 1. The Morgan fingerprint density at radius 2 is 2.04 bits per heavy atom. The van der Waals surface area contributed by atoms with Crippen molar-refractivity contribution in [3.8, 4) is 5.75 Å². The average Bonchev–Trinajstić information content (AvgIpc) is 2.67. The molecule has 3 rings (SSSR count). The quantitative estimate of drug-likeness (QED) is 0.653. The first kappa shape index (κ1) is 20.2. The summed E-state index contributed by atoms with van der Waals surface area (Å²) in [5.74, 6) is 0.107. The molecule has 1 heterocycles. The van der Waals surface area contributed by atoms with E-state index < -0.39 is 0 Å². The molecule has 2 aromatic rings. The van der Waals surface area contributed by atoms with Gasteiger partial charge in [0, 0.05) is 30.4 Å². The fourth-order valence-electron chi connectivity index (χ4n) is 2.94. The number of phenols is 1. The van der Waals surface area contributed by atoms with Crippen LogP contribution in [0.1, 0.15) is 32.1 Å². The molecule has 26 heavy (non-hydrogen) atoms. The van der Waals surface area contributed by atoms with Gasteiger partial charge >= 0.3 is 0 Å². The minimum Gasteiger partial charge on any atom is -0.506 e. The number of aromatic nitrogens is 1. The molecule has 2 N–H and O–H groups in total. The zero-order valence-electron chi connectivity index (χ0n) is 15.1. The molecule has 0 unspecified atom stereocenters.